The van der Waals surface area contributed by atoms with E-state index in [1.807, 2.05) is 12.1 Å². The Bertz CT molecular complexity index is 897. The summed E-state index contributed by atoms with van der Waals surface area (Å²) in [4.78, 5) is 0. The van der Waals surface area contributed by atoms with Gasteiger partial charge in [-0.2, -0.15) is 5.10 Å². The average Bonchev–Trinajstić information content (AvgIpc) is 3.12. The van der Waals surface area contributed by atoms with Gasteiger partial charge in [0, 0.05) is 29.8 Å². The number of fused-ring (bicyclic) bond motifs is 4. The highest BCUT2D eigenvalue weighted by molar-refractivity contribution is 6.30. The van der Waals surface area contributed by atoms with Crippen molar-refractivity contribution in [3.63, 3.8) is 0 Å². The van der Waals surface area contributed by atoms with Crippen molar-refractivity contribution in [2.75, 3.05) is 0 Å². The number of para-hydroxylation sites is 1. The molecule has 1 aliphatic carbocycles. The van der Waals surface area contributed by atoms with Crippen molar-refractivity contribution in [2.24, 2.45) is 11.0 Å². The summed E-state index contributed by atoms with van der Waals surface area (Å²) < 4.78 is 6.75. The lowest BCUT2D eigenvalue weighted by Gasteiger charge is -2.50. The molecule has 0 amide bonds. The van der Waals surface area contributed by atoms with Crippen LogP contribution in [0.5, 0.6) is 5.75 Å². The minimum Gasteiger partial charge on any atom is -0.466 e. The number of hydrogen-bond acceptors (Lipinski definition) is 3. The lowest BCUT2D eigenvalue weighted by molar-refractivity contribution is -0.145. The maximum atomic E-state index is 6.75. The molecule has 0 unspecified atom stereocenters. The van der Waals surface area contributed by atoms with Gasteiger partial charge in [0.15, 0.2) is 5.72 Å². The Kier molecular flexibility index (Phi) is 3.98. The number of aryl methyl sites for hydroxylation is 1. The zero-order valence-corrected chi connectivity index (χ0v) is 16.7. The van der Waals surface area contributed by atoms with Crippen molar-refractivity contribution in [3.05, 3.63) is 64.2 Å². The van der Waals surface area contributed by atoms with Crippen LogP contribution < -0.4 is 4.74 Å². The molecular formula is C23H25ClN2O. The van der Waals surface area contributed by atoms with E-state index < -0.39 is 0 Å². The fraction of sp³-hybridized carbons (Fsp3) is 0.435. The second-order valence-corrected chi connectivity index (χ2v) is 8.78. The second kappa shape index (κ2) is 6.27. The summed E-state index contributed by atoms with van der Waals surface area (Å²) in [5.41, 5.74) is 4.48. The van der Waals surface area contributed by atoms with E-state index in [1.54, 1.807) is 0 Å². The van der Waals surface area contributed by atoms with E-state index in [0.29, 0.717) is 0 Å². The predicted molar refractivity (Wildman–Crippen MR) is 109 cm³/mol. The number of halogens is 1. The first-order valence-electron chi connectivity index (χ1n) is 9.97. The van der Waals surface area contributed by atoms with Crippen LogP contribution in [-0.4, -0.2) is 16.4 Å². The molecule has 3 aliphatic rings. The zero-order chi connectivity index (χ0) is 18.6. The van der Waals surface area contributed by atoms with Crippen LogP contribution in [-0.2, 0) is 0 Å². The quantitative estimate of drug-likeness (QED) is 0.597. The molecule has 3 nitrogen and oxygen atoms in total. The highest BCUT2D eigenvalue weighted by atomic mass is 35.5. The molecule has 0 N–H and O–H groups in total. The summed E-state index contributed by atoms with van der Waals surface area (Å²) in [6, 6.07) is 14.8. The van der Waals surface area contributed by atoms with Gasteiger partial charge in [0.05, 0.1) is 11.8 Å². The van der Waals surface area contributed by atoms with Crippen molar-refractivity contribution in [3.8, 4) is 5.75 Å². The first-order valence-corrected chi connectivity index (χ1v) is 10.3. The maximum Gasteiger partial charge on any atom is 0.198 e. The molecule has 2 aromatic carbocycles. The summed E-state index contributed by atoms with van der Waals surface area (Å²) in [5.74, 6) is 1.85. The topological polar surface area (TPSA) is 24.8 Å². The van der Waals surface area contributed by atoms with E-state index in [9.17, 15) is 0 Å². The van der Waals surface area contributed by atoms with Crippen molar-refractivity contribution in [2.45, 2.75) is 57.7 Å². The highest BCUT2D eigenvalue weighted by Gasteiger charge is 2.51. The molecule has 0 radical (unpaired) electrons. The lowest BCUT2D eigenvalue weighted by atomic mass is 9.81. The average molecular weight is 381 g/mol. The van der Waals surface area contributed by atoms with Gasteiger partial charge in [-0.15, -0.1) is 0 Å². The third kappa shape index (κ3) is 2.75. The van der Waals surface area contributed by atoms with E-state index in [4.69, 9.17) is 21.4 Å². The van der Waals surface area contributed by atoms with E-state index >= 15 is 0 Å². The fourth-order valence-corrected chi connectivity index (χ4v) is 4.93. The SMILES string of the molecule is Cc1cccc2c1OC1(CCC(C)CC1)N1N=C(c3ccc(Cl)cc3)C[C@@H]21. The summed E-state index contributed by atoms with van der Waals surface area (Å²) in [7, 11) is 0. The van der Waals surface area contributed by atoms with Gasteiger partial charge in [-0.05, 0) is 48.9 Å². The molecule has 2 aliphatic heterocycles. The molecule has 0 saturated heterocycles. The number of rotatable bonds is 1. The highest BCUT2D eigenvalue weighted by Crippen LogP contribution is 2.52. The maximum absolute atomic E-state index is 6.75. The zero-order valence-electron chi connectivity index (χ0n) is 15.9. The Hall–Kier alpha value is -2.00. The third-order valence-corrected chi connectivity index (χ3v) is 6.71. The van der Waals surface area contributed by atoms with Crippen LogP contribution in [0.1, 0.15) is 61.8 Å². The molecule has 0 aromatic heterocycles. The van der Waals surface area contributed by atoms with Gasteiger partial charge in [-0.1, -0.05) is 48.9 Å². The molecule has 2 heterocycles. The Balaban J connectivity index is 1.59. The molecule has 2 aromatic rings. The van der Waals surface area contributed by atoms with E-state index in [1.165, 1.54) is 24.0 Å². The van der Waals surface area contributed by atoms with Gasteiger partial charge < -0.3 is 4.74 Å². The molecule has 1 saturated carbocycles. The minimum absolute atomic E-state index is 0.257. The lowest BCUT2D eigenvalue weighted by Crippen LogP contribution is -2.55. The first kappa shape index (κ1) is 17.1. The van der Waals surface area contributed by atoms with Crippen LogP contribution in [0.25, 0.3) is 0 Å². The fourth-order valence-electron chi connectivity index (χ4n) is 4.80. The summed E-state index contributed by atoms with van der Waals surface area (Å²) in [6.45, 7) is 4.50. The molecule has 0 bridgehead atoms. The van der Waals surface area contributed by atoms with E-state index in [-0.39, 0.29) is 11.8 Å². The number of nitrogens with zero attached hydrogens (tertiary/aromatic N) is 2. The molecule has 1 fully saturated rings. The van der Waals surface area contributed by atoms with Crippen molar-refractivity contribution in [1.82, 2.24) is 5.01 Å². The van der Waals surface area contributed by atoms with Gasteiger partial charge >= 0.3 is 0 Å². The molecule has 27 heavy (non-hydrogen) atoms. The van der Waals surface area contributed by atoms with Crippen LogP contribution >= 0.6 is 11.6 Å². The Morgan fingerprint density at radius 2 is 1.85 bits per heavy atom. The predicted octanol–water partition coefficient (Wildman–Crippen LogP) is 6.10. The molecule has 1 atom stereocenters. The molecule has 1 spiro atoms. The monoisotopic (exact) mass is 380 g/mol. The largest absolute Gasteiger partial charge is 0.466 e. The van der Waals surface area contributed by atoms with Gasteiger partial charge in [0.25, 0.3) is 0 Å². The van der Waals surface area contributed by atoms with Gasteiger partial charge in [-0.25, -0.2) is 5.01 Å². The third-order valence-electron chi connectivity index (χ3n) is 6.45. The Morgan fingerprint density at radius 3 is 2.59 bits per heavy atom. The number of benzene rings is 2. The van der Waals surface area contributed by atoms with Gasteiger partial charge in [0.1, 0.15) is 5.75 Å². The van der Waals surface area contributed by atoms with Crippen molar-refractivity contribution >= 4 is 17.3 Å². The molecule has 140 valence electrons. The molecular weight excluding hydrogens is 356 g/mol. The number of hydrazone groups is 1. The second-order valence-electron chi connectivity index (χ2n) is 8.34. The number of hydrogen-bond donors (Lipinski definition) is 0. The first-order chi connectivity index (χ1) is 13.1. The standard InChI is InChI=1S/C23H25ClN2O/c1-15-10-12-23(13-11-15)26-21(19-5-3-4-16(2)22(19)27-23)14-20(25-26)17-6-8-18(24)9-7-17/h3-9,15,21H,10-14H2,1-2H3/t15?,21-,23?/m0/s1. The smallest absolute Gasteiger partial charge is 0.198 e. The van der Waals surface area contributed by atoms with Gasteiger partial charge in [-0.3, -0.25) is 0 Å². The van der Waals surface area contributed by atoms with Crippen LogP contribution in [0, 0.1) is 12.8 Å². The minimum atomic E-state index is -0.301. The van der Waals surface area contributed by atoms with Crippen LogP contribution in [0.2, 0.25) is 5.02 Å². The van der Waals surface area contributed by atoms with Crippen LogP contribution in [0.15, 0.2) is 47.6 Å². The summed E-state index contributed by atoms with van der Waals surface area (Å²) in [6.07, 6.45) is 5.37. The summed E-state index contributed by atoms with van der Waals surface area (Å²) in [5, 5.41) is 8.18. The normalized spacial score (nSPS) is 29.1. The van der Waals surface area contributed by atoms with Crippen molar-refractivity contribution in [1.29, 1.82) is 0 Å². The molecule has 5 rings (SSSR count). The van der Waals surface area contributed by atoms with E-state index in [0.717, 1.165) is 47.2 Å². The summed E-state index contributed by atoms with van der Waals surface area (Å²) >= 11 is 6.08. The van der Waals surface area contributed by atoms with Crippen LogP contribution in [0.3, 0.4) is 0 Å². The Labute approximate surface area is 166 Å². The number of ether oxygens (including phenoxy) is 1. The van der Waals surface area contributed by atoms with Crippen LogP contribution in [0.4, 0.5) is 0 Å². The van der Waals surface area contributed by atoms with Gasteiger partial charge in [0.2, 0.25) is 0 Å². The Morgan fingerprint density at radius 1 is 1.11 bits per heavy atom. The van der Waals surface area contributed by atoms with Crippen molar-refractivity contribution < 1.29 is 4.74 Å². The van der Waals surface area contributed by atoms with E-state index in [2.05, 4.69) is 49.2 Å². The molecule has 4 heteroatoms.